The molecule has 2 amide bonds. The molecule has 6 nitrogen and oxygen atoms in total. The van der Waals surface area contributed by atoms with Crippen molar-refractivity contribution in [2.24, 2.45) is 0 Å². The zero-order valence-electron chi connectivity index (χ0n) is 15.6. The third kappa shape index (κ3) is 7.41. The maximum atomic E-state index is 12.9. The van der Waals surface area contributed by atoms with E-state index >= 15 is 0 Å². The van der Waals surface area contributed by atoms with Gasteiger partial charge in [-0.1, -0.05) is 0 Å². The molecule has 2 aromatic rings. The van der Waals surface area contributed by atoms with Crippen molar-refractivity contribution in [3.05, 3.63) is 54.3 Å². The van der Waals surface area contributed by atoms with E-state index in [0.29, 0.717) is 5.69 Å². The Hall–Kier alpha value is -3.14. The molecule has 0 saturated heterocycles. The Kier molecular flexibility index (Phi) is 7.16. The van der Waals surface area contributed by atoms with Crippen molar-refractivity contribution in [1.82, 2.24) is 4.90 Å². The van der Waals surface area contributed by atoms with Crippen LogP contribution in [0.5, 0.6) is 5.75 Å². The molecule has 0 aromatic heterocycles. The van der Waals surface area contributed by atoms with Crippen LogP contribution in [-0.2, 0) is 9.59 Å². The van der Waals surface area contributed by atoms with E-state index in [2.05, 4.69) is 15.4 Å². The van der Waals surface area contributed by atoms with E-state index in [1.165, 1.54) is 41.3 Å². The lowest BCUT2D eigenvalue weighted by Gasteiger charge is -2.23. The van der Waals surface area contributed by atoms with Gasteiger partial charge in [0.1, 0.15) is 11.6 Å². The number of hydrogen-bond acceptors (Lipinski definition) is 4. The zero-order valence-corrected chi connectivity index (χ0v) is 15.6. The predicted octanol–water partition coefficient (Wildman–Crippen LogP) is 3.62. The second-order valence-electron chi connectivity index (χ2n) is 6.21. The first-order chi connectivity index (χ1) is 13.5. The summed E-state index contributed by atoms with van der Waals surface area (Å²) in [5, 5.41) is 5.13. The van der Waals surface area contributed by atoms with Crippen molar-refractivity contribution >= 4 is 23.2 Å². The van der Waals surface area contributed by atoms with Crippen molar-refractivity contribution in [3.8, 4) is 5.75 Å². The first-order valence-electron chi connectivity index (χ1n) is 8.46. The normalized spacial score (nSPS) is 12.4. The van der Waals surface area contributed by atoms with Gasteiger partial charge in [0.05, 0.1) is 12.6 Å². The van der Waals surface area contributed by atoms with E-state index in [1.807, 2.05) is 0 Å². The summed E-state index contributed by atoms with van der Waals surface area (Å²) in [6.45, 7) is 1.45. The van der Waals surface area contributed by atoms with Gasteiger partial charge in [0.15, 0.2) is 0 Å². The number of nitrogens with one attached hydrogen (secondary N) is 2. The number of alkyl halides is 3. The number of benzene rings is 2. The van der Waals surface area contributed by atoms with Crippen LogP contribution >= 0.6 is 0 Å². The Morgan fingerprint density at radius 3 is 2.07 bits per heavy atom. The van der Waals surface area contributed by atoms with Crippen LogP contribution in [0.25, 0.3) is 0 Å². The lowest BCUT2D eigenvalue weighted by atomic mass is 10.2. The monoisotopic (exact) mass is 413 g/mol. The van der Waals surface area contributed by atoms with E-state index in [-0.39, 0.29) is 18.1 Å². The SMILES string of the molecule is C[C@H](C(=O)Nc1ccc(F)cc1)N(C)CC(=O)Nc1ccc(OC(F)(F)F)cc1. The number of ether oxygens (including phenoxy) is 1. The molecule has 1 atom stereocenters. The highest BCUT2D eigenvalue weighted by atomic mass is 19.4. The van der Waals surface area contributed by atoms with Gasteiger partial charge in [-0.3, -0.25) is 14.5 Å². The molecule has 0 radical (unpaired) electrons. The number of rotatable bonds is 7. The summed E-state index contributed by atoms with van der Waals surface area (Å²) >= 11 is 0. The quantitative estimate of drug-likeness (QED) is 0.681. The molecule has 2 aromatic carbocycles. The maximum Gasteiger partial charge on any atom is 0.573 e. The molecule has 0 spiro atoms. The van der Waals surface area contributed by atoms with Gasteiger partial charge in [0, 0.05) is 11.4 Å². The van der Waals surface area contributed by atoms with E-state index in [4.69, 9.17) is 0 Å². The fourth-order valence-electron chi connectivity index (χ4n) is 2.28. The standard InChI is InChI=1S/C19H19F4N3O3/c1-12(18(28)25-15-5-3-13(20)4-6-15)26(2)11-17(27)24-14-7-9-16(10-8-14)29-19(21,22)23/h3-10,12H,11H2,1-2H3,(H,24,27)(H,25,28)/t12-/m1/s1. The summed E-state index contributed by atoms with van der Waals surface area (Å²) in [5.74, 6) is -1.68. The first kappa shape index (κ1) is 22.2. The van der Waals surface area contributed by atoms with Crippen LogP contribution in [0.4, 0.5) is 28.9 Å². The number of nitrogens with zero attached hydrogens (tertiary/aromatic N) is 1. The Morgan fingerprint density at radius 2 is 1.52 bits per heavy atom. The van der Waals surface area contributed by atoms with Gasteiger partial charge in [-0.2, -0.15) is 0 Å². The molecular weight excluding hydrogens is 394 g/mol. The number of hydrogen-bond donors (Lipinski definition) is 2. The molecule has 0 aliphatic rings. The second-order valence-corrected chi connectivity index (χ2v) is 6.21. The van der Waals surface area contributed by atoms with Crippen LogP contribution in [-0.4, -0.2) is 42.7 Å². The highest BCUT2D eigenvalue weighted by Gasteiger charge is 2.31. The highest BCUT2D eigenvalue weighted by Crippen LogP contribution is 2.24. The molecule has 29 heavy (non-hydrogen) atoms. The largest absolute Gasteiger partial charge is 0.573 e. The summed E-state index contributed by atoms with van der Waals surface area (Å²) in [6.07, 6.45) is -4.79. The van der Waals surface area contributed by atoms with Crippen LogP contribution in [0.3, 0.4) is 0 Å². The Morgan fingerprint density at radius 1 is 1.00 bits per heavy atom. The summed E-state index contributed by atoms with van der Waals surface area (Å²) in [7, 11) is 1.56. The molecule has 0 unspecified atom stereocenters. The van der Waals surface area contributed by atoms with Crippen molar-refractivity contribution in [2.75, 3.05) is 24.2 Å². The smallest absolute Gasteiger partial charge is 0.406 e. The first-order valence-corrected chi connectivity index (χ1v) is 8.46. The highest BCUT2D eigenvalue weighted by molar-refractivity contribution is 5.96. The van der Waals surface area contributed by atoms with Crippen LogP contribution in [0, 0.1) is 5.82 Å². The van der Waals surface area contributed by atoms with Gasteiger partial charge in [0.25, 0.3) is 0 Å². The average Bonchev–Trinajstić information content (AvgIpc) is 2.63. The molecule has 0 aliphatic carbocycles. The van der Waals surface area contributed by atoms with Gasteiger partial charge < -0.3 is 15.4 Å². The molecule has 0 saturated carbocycles. The van der Waals surface area contributed by atoms with Gasteiger partial charge in [-0.25, -0.2) is 4.39 Å². The Labute approximate surface area is 164 Å². The molecule has 0 fully saturated rings. The van der Waals surface area contributed by atoms with Crippen LogP contribution in [0.15, 0.2) is 48.5 Å². The van der Waals surface area contributed by atoms with Gasteiger partial charge in [-0.05, 0) is 62.5 Å². The summed E-state index contributed by atoms with van der Waals surface area (Å²) < 4.78 is 53.1. The fourth-order valence-corrected chi connectivity index (χ4v) is 2.28. The molecule has 2 rings (SSSR count). The maximum absolute atomic E-state index is 12.9. The molecular formula is C19H19F4N3O3. The molecule has 10 heteroatoms. The summed E-state index contributed by atoms with van der Waals surface area (Å²) in [5.41, 5.74) is 0.698. The topological polar surface area (TPSA) is 70.7 Å². The third-order valence-corrected chi connectivity index (χ3v) is 3.92. The second kappa shape index (κ2) is 9.37. The number of likely N-dealkylation sites (N-methyl/N-ethyl adjacent to an activating group) is 1. The average molecular weight is 413 g/mol. The number of carbonyl (C=O) groups excluding carboxylic acids is 2. The van der Waals surface area contributed by atoms with Crippen LogP contribution < -0.4 is 15.4 Å². The molecule has 0 aliphatic heterocycles. The molecule has 0 bridgehead atoms. The van der Waals surface area contributed by atoms with E-state index in [1.54, 1.807) is 14.0 Å². The van der Waals surface area contributed by atoms with Crippen molar-refractivity contribution in [1.29, 1.82) is 0 Å². The molecule has 0 heterocycles. The summed E-state index contributed by atoms with van der Waals surface area (Å²) in [4.78, 5) is 25.8. The fraction of sp³-hybridized carbons (Fsp3) is 0.263. The van der Waals surface area contributed by atoms with Gasteiger partial charge in [-0.15, -0.1) is 13.2 Å². The molecule has 2 N–H and O–H groups in total. The van der Waals surface area contributed by atoms with Crippen LogP contribution in [0.2, 0.25) is 0 Å². The lowest BCUT2D eigenvalue weighted by molar-refractivity contribution is -0.274. The lowest BCUT2D eigenvalue weighted by Crippen LogP contribution is -2.43. The van der Waals surface area contributed by atoms with E-state index in [9.17, 15) is 27.2 Å². The van der Waals surface area contributed by atoms with Crippen LogP contribution in [0.1, 0.15) is 6.92 Å². The van der Waals surface area contributed by atoms with E-state index in [0.717, 1.165) is 12.1 Å². The van der Waals surface area contributed by atoms with Gasteiger partial charge >= 0.3 is 6.36 Å². The van der Waals surface area contributed by atoms with Crippen molar-refractivity contribution in [2.45, 2.75) is 19.3 Å². The number of carbonyl (C=O) groups is 2. The minimum atomic E-state index is -4.79. The minimum absolute atomic E-state index is 0.140. The predicted molar refractivity (Wildman–Crippen MR) is 98.9 cm³/mol. The molecule has 156 valence electrons. The zero-order chi connectivity index (χ0) is 21.6. The van der Waals surface area contributed by atoms with Crippen molar-refractivity contribution in [3.63, 3.8) is 0 Å². The van der Waals surface area contributed by atoms with Crippen molar-refractivity contribution < 1.29 is 31.9 Å². The minimum Gasteiger partial charge on any atom is -0.406 e. The number of halogens is 4. The van der Waals surface area contributed by atoms with Gasteiger partial charge in [0.2, 0.25) is 11.8 Å². The Bertz CT molecular complexity index is 839. The number of amides is 2. The summed E-state index contributed by atoms with van der Waals surface area (Å²) in [6, 6.07) is 9.26. The Balaban J connectivity index is 1.85. The third-order valence-electron chi connectivity index (χ3n) is 3.92. The van der Waals surface area contributed by atoms with E-state index < -0.39 is 29.9 Å². The number of anilines is 2.